The fourth-order valence-corrected chi connectivity index (χ4v) is 4.97. The normalized spacial score (nSPS) is 11.0. The lowest BCUT2D eigenvalue weighted by molar-refractivity contribution is 0.0787. The molecule has 176 valence electrons. The summed E-state index contributed by atoms with van der Waals surface area (Å²) in [6.45, 7) is 2.70. The number of methoxy groups -OCH3 is 2. The van der Waals surface area contributed by atoms with Gasteiger partial charge in [0.2, 0.25) is 0 Å². The van der Waals surface area contributed by atoms with Gasteiger partial charge in [0.05, 0.1) is 43.5 Å². The fourth-order valence-electron chi connectivity index (χ4n) is 3.14. The zero-order valence-corrected chi connectivity index (χ0v) is 20.5. The molecule has 0 radical (unpaired) electrons. The van der Waals surface area contributed by atoms with E-state index in [0.717, 1.165) is 4.88 Å². The van der Waals surface area contributed by atoms with Crippen molar-refractivity contribution in [1.29, 1.82) is 0 Å². The summed E-state index contributed by atoms with van der Waals surface area (Å²) in [6.07, 6.45) is 0. The third-order valence-corrected chi connectivity index (χ3v) is 7.01. The number of ether oxygens (including phenoxy) is 3. The molecule has 0 fully saturated rings. The molecule has 0 saturated carbocycles. The van der Waals surface area contributed by atoms with E-state index in [0.29, 0.717) is 30.4 Å². The van der Waals surface area contributed by atoms with Crippen molar-refractivity contribution in [3.05, 3.63) is 64.4 Å². The summed E-state index contributed by atoms with van der Waals surface area (Å²) in [4.78, 5) is 15.8. The number of thiophene rings is 1. The third-order valence-electron chi connectivity index (χ3n) is 4.76. The molecule has 0 saturated heterocycles. The van der Waals surface area contributed by atoms with Gasteiger partial charge in [0.25, 0.3) is 15.9 Å². The second-order valence-electron chi connectivity index (χ2n) is 7.00. The maximum atomic E-state index is 13.3. The SMILES string of the molecule is CCOc1ccc(S(=O)(=O)Nc2cc(OC)c(OC)cc2C(=O)N(C)Cc2cccs2)cc1. The van der Waals surface area contributed by atoms with E-state index >= 15 is 0 Å². The standard InChI is InChI=1S/C23H26N2O6S2/c1-5-31-16-8-10-18(11-9-16)33(27,28)24-20-14-22(30-4)21(29-3)13-19(20)23(26)25(2)15-17-7-6-12-32-17/h6-14,24H,5,15H2,1-4H3. The van der Waals surface area contributed by atoms with E-state index in [1.165, 1.54) is 54.7 Å². The Labute approximate surface area is 197 Å². The van der Waals surface area contributed by atoms with Crippen LogP contribution in [0.25, 0.3) is 0 Å². The largest absolute Gasteiger partial charge is 0.494 e. The zero-order valence-electron chi connectivity index (χ0n) is 18.8. The van der Waals surface area contributed by atoms with E-state index in [2.05, 4.69) is 4.72 Å². The number of carbonyl (C=O) groups excluding carboxylic acids is 1. The molecule has 1 amide bonds. The zero-order chi connectivity index (χ0) is 24.0. The average Bonchev–Trinajstić information content (AvgIpc) is 3.31. The Morgan fingerprint density at radius 1 is 1.06 bits per heavy atom. The van der Waals surface area contributed by atoms with Crippen molar-refractivity contribution < 1.29 is 27.4 Å². The van der Waals surface area contributed by atoms with Crippen LogP contribution in [0.4, 0.5) is 5.69 Å². The van der Waals surface area contributed by atoms with Gasteiger partial charge in [-0.25, -0.2) is 8.42 Å². The highest BCUT2D eigenvalue weighted by Gasteiger charge is 2.24. The molecule has 3 aromatic rings. The monoisotopic (exact) mass is 490 g/mol. The number of nitrogens with zero attached hydrogens (tertiary/aromatic N) is 1. The first kappa shape index (κ1) is 24.4. The van der Waals surface area contributed by atoms with Crippen molar-refractivity contribution in [2.45, 2.75) is 18.4 Å². The van der Waals surface area contributed by atoms with E-state index in [-0.39, 0.29) is 22.1 Å². The second-order valence-corrected chi connectivity index (χ2v) is 9.72. The van der Waals surface area contributed by atoms with Crippen molar-refractivity contribution in [2.24, 2.45) is 0 Å². The number of rotatable bonds is 10. The first-order chi connectivity index (χ1) is 15.8. The highest BCUT2D eigenvalue weighted by atomic mass is 32.2. The van der Waals surface area contributed by atoms with E-state index in [9.17, 15) is 13.2 Å². The highest BCUT2D eigenvalue weighted by molar-refractivity contribution is 7.92. The van der Waals surface area contributed by atoms with Gasteiger partial charge in [-0.3, -0.25) is 9.52 Å². The lowest BCUT2D eigenvalue weighted by Gasteiger charge is -2.21. The number of sulfonamides is 1. The minimum absolute atomic E-state index is 0.0334. The van der Waals surface area contributed by atoms with Gasteiger partial charge in [-0.2, -0.15) is 0 Å². The topological polar surface area (TPSA) is 94.2 Å². The molecule has 0 aliphatic carbocycles. The molecule has 0 spiro atoms. The number of carbonyl (C=O) groups is 1. The van der Waals surface area contributed by atoms with Crippen LogP contribution in [0.2, 0.25) is 0 Å². The number of anilines is 1. The van der Waals surface area contributed by atoms with Crippen LogP contribution in [0.5, 0.6) is 17.2 Å². The molecule has 8 nitrogen and oxygen atoms in total. The fraction of sp³-hybridized carbons (Fsp3) is 0.261. The van der Waals surface area contributed by atoms with E-state index < -0.39 is 10.0 Å². The highest BCUT2D eigenvalue weighted by Crippen LogP contribution is 2.35. The Bertz CT molecular complexity index is 1190. The molecule has 0 bridgehead atoms. The summed E-state index contributed by atoms with van der Waals surface area (Å²) in [7, 11) is 0.552. The summed E-state index contributed by atoms with van der Waals surface area (Å²) >= 11 is 1.53. The summed E-state index contributed by atoms with van der Waals surface area (Å²) in [5.74, 6) is 0.802. The number of hydrogen-bond donors (Lipinski definition) is 1. The molecule has 1 heterocycles. The molecule has 1 N–H and O–H groups in total. The number of amides is 1. The molecule has 0 unspecified atom stereocenters. The van der Waals surface area contributed by atoms with Crippen molar-refractivity contribution >= 4 is 33.0 Å². The van der Waals surface area contributed by atoms with Gasteiger partial charge < -0.3 is 19.1 Å². The predicted octanol–water partition coefficient (Wildman–Crippen LogP) is 4.24. The van der Waals surface area contributed by atoms with Gasteiger partial charge in [0, 0.05) is 18.0 Å². The lowest BCUT2D eigenvalue weighted by atomic mass is 10.1. The Morgan fingerprint density at radius 3 is 2.30 bits per heavy atom. The quantitative estimate of drug-likeness (QED) is 0.457. The van der Waals surface area contributed by atoms with E-state index in [4.69, 9.17) is 14.2 Å². The third kappa shape index (κ3) is 5.77. The maximum absolute atomic E-state index is 13.3. The van der Waals surface area contributed by atoms with Crippen molar-refractivity contribution in [1.82, 2.24) is 4.90 Å². The van der Waals surface area contributed by atoms with E-state index in [1.54, 1.807) is 19.2 Å². The van der Waals surface area contributed by atoms with Crippen LogP contribution in [0.15, 0.2) is 58.8 Å². The van der Waals surface area contributed by atoms with Gasteiger partial charge in [0.15, 0.2) is 11.5 Å². The molecular weight excluding hydrogens is 464 g/mol. The molecule has 3 rings (SSSR count). The van der Waals surface area contributed by atoms with Crippen LogP contribution in [0.1, 0.15) is 22.2 Å². The van der Waals surface area contributed by atoms with Gasteiger partial charge in [-0.15, -0.1) is 11.3 Å². The van der Waals surface area contributed by atoms with Gasteiger partial charge in [0.1, 0.15) is 5.75 Å². The number of hydrogen-bond acceptors (Lipinski definition) is 7. The maximum Gasteiger partial charge on any atom is 0.261 e. The van der Waals surface area contributed by atoms with E-state index in [1.807, 2.05) is 24.4 Å². The Balaban J connectivity index is 1.97. The molecule has 0 aliphatic rings. The first-order valence-corrected chi connectivity index (χ1v) is 12.4. The minimum Gasteiger partial charge on any atom is -0.494 e. The van der Waals surface area contributed by atoms with Crippen LogP contribution in [-0.4, -0.2) is 47.1 Å². The van der Waals surface area contributed by atoms with Gasteiger partial charge in [-0.05, 0) is 48.7 Å². The lowest BCUT2D eigenvalue weighted by Crippen LogP contribution is -2.27. The summed E-state index contributed by atoms with van der Waals surface area (Å²) in [5, 5.41) is 1.93. The van der Waals surface area contributed by atoms with Crippen LogP contribution in [-0.2, 0) is 16.6 Å². The summed E-state index contributed by atoms with van der Waals surface area (Å²) in [6, 6.07) is 12.8. The first-order valence-electron chi connectivity index (χ1n) is 10.1. The van der Waals surface area contributed by atoms with Crippen LogP contribution in [0, 0.1) is 0 Å². The molecule has 0 atom stereocenters. The Kier molecular flexibility index (Phi) is 7.83. The second kappa shape index (κ2) is 10.6. The van der Waals surface area contributed by atoms with Crippen molar-refractivity contribution in [2.75, 3.05) is 32.6 Å². The van der Waals surface area contributed by atoms with Crippen LogP contribution in [0.3, 0.4) is 0 Å². The van der Waals surface area contributed by atoms with Gasteiger partial charge >= 0.3 is 0 Å². The molecule has 1 aromatic heterocycles. The number of benzene rings is 2. The molecular formula is C23H26N2O6S2. The number of nitrogens with one attached hydrogen (secondary N) is 1. The molecule has 10 heteroatoms. The smallest absolute Gasteiger partial charge is 0.261 e. The van der Waals surface area contributed by atoms with Crippen molar-refractivity contribution in [3.8, 4) is 17.2 Å². The molecule has 0 aliphatic heterocycles. The summed E-state index contributed by atoms with van der Waals surface area (Å²) in [5.41, 5.74) is 0.228. The summed E-state index contributed by atoms with van der Waals surface area (Å²) < 4.78 is 44.7. The van der Waals surface area contributed by atoms with Gasteiger partial charge in [-0.1, -0.05) is 6.07 Å². The van der Waals surface area contributed by atoms with Crippen LogP contribution >= 0.6 is 11.3 Å². The Morgan fingerprint density at radius 2 is 1.73 bits per heavy atom. The molecule has 2 aromatic carbocycles. The van der Waals surface area contributed by atoms with Crippen LogP contribution < -0.4 is 18.9 Å². The molecule has 33 heavy (non-hydrogen) atoms. The minimum atomic E-state index is -3.99. The van der Waals surface area contributed by atoms with Crippen molar-refractivity contribution in [3.63, 3.8) is 0 Å². The average molecular weight is 491 g/mol. The predicted molar refractivity (Wildman–Crippen MR) is 128 cm³/mol. The Hall–Kier alpha value is -3.24.